The number of benzene rings is 3. The molecule has 0 spiro atoms. The molecule has 7 nitrogen and oxygen atoms in total. The van der Waals surface area contributed by atoms with E-state index in [0.717, 1.165) is 11.1 Å². The highest BCUT2D eigenvalue weighted by Gasteiger charge is 2.44. The highest BCUT2D eigenvalue weighted by Crippen LogP contribution is 2.42. The number of nitrogens with zero attached hydrogens (tertiary/aromatic N) is 2. The highest BCUT2D eigenvalue weighted by atomic mass is 32.1. The standard InChI is InChI=1S/C32H30N2O5S/c1-19(2)39-25-15-8-10-21(16-25)18-34-27(23-13-9-14-24(17-23)38-4)26(29(36)32(34)37)28(35)30-20(3)33-31(40-30)22-11-6-5-7-12-22/h5-17,19,27,36H,18H2,1-4H3. The van der Waals surface area contributed by atoms with Crippen molar-refractivity contribution in [2.75, 3.05) is 7.11 Å². The third kappa shape index (κ3) is 5.35. The van der Waals surface area contributed by atoms with Gasteiger partial charge in [0.2, 0.25) is 5.78 Å². The Kier molecular flexibility index (Phi) is 7.71. The fourth-order valence-electron chi connectivity index (χ4n) is 4.83. The van der Waals surface area contributed by atoms with Crippen LogP contribution in [0, 0.1) is 6.92 Å². The topological polar surface area (TPSA) is 89.0 Å². The Morgan fingerprint density at radius 3 is 2.48 bits per heavy atom. The molecule has 1 atom stereocenters. The van der Waals surface area contributed by atoms with Crippen molar-refractivity contribution in [1.82, 2.24) is 9.88 Å². The van der Waals surface area contributed by atoms with Crippen LogP contribution < -0.4 is 9.47 Å². The Morgan fingerprint density at radius 1 is 1.02 bits per heavy atom. The third-order valence-electron chi connectivity index (χ3n) is 6.60. The van der Waals surface area contributed by atoms with Gasteiger partial charge in [-0.15, -0.1) is 11.3 Å². The molecular formula is C32H30N2O5S. The first kappa shape index (κ1) is 27.1. The van der Waals surface area contributed by atoms with E-state index in [-0.39, 0.29) is 18.2 Å². The van der Waals surface area contributed by atoms with Gasteiger partial charge >= 0.3 is 0 Å². The zero-order valence-electron chi connectivity index (χ0n) is 22.8. The molecule has 0 aliphatic carbocycles. The van der Waals surface area contributed by atoms with Gasteiger partial charge in [-0.2, -0.15) is 0 Å². The minimum Gasteiger partial charge on any atom is -0.503 e. The van der Waals surface area contributed by atoms with E-state index in [1.54, 1.807) is 32.2 Å². The second-order valence-corrected chi connectivity index (χ2v) is 10.8. The van der Waals surface area contributed by atoms with Gasteiger partial charge in [0, 0.05) is 12.1 Å². The predicted octanol–water partition coefficient (Wildman–Crippen LogP) is 6.69. The number of ketones is 1. The lowest BCUT2D eigenvalue weighted by Gasteiger charge is -2.27. The summed E-state index contributed by atoms with van der Waals surface area (Å²) in [6, 6.07) is 23.5. The molecule has 0 radical (unpaired) electrons. The SMILES string of the molecule is COc1cccc(C2C(C(=O)c3sc(-c4ccccc4)nc3C)=C(O)C(=O)N2Cc2cccc(OC(C)C)c2)c1. The van der Waals surface area contributed by atoms with Crippen LogP contribution in [0.5, 0.6) is 11.5 Å². The van der Waals surface area contributed by atoms with E-state index in [0.29, 0.717) is 32.6 Å². The normalized spacial score (nSPS) is 15.2. The molecule has 0 fully saturated rings. The maximum Gasteiger partial charge on any atom is 0.290 e. The van der Waals surface area contributed by atoms with Gasteiger partial charge in [0.15, 0.2) is 5.76 Å². The molecule has 1 aliphatic rings. The Morgan fingerprint density at radius 2 is 1.75 bits per heavy atom. The number of hydrogen-bond acceptors (Lipinski definition) is 7. The number of rotatable bonds is 9. The van der Waals surface area contributed by atoms with Crippen LogP contribution in [-0.4, -0.2) is 39.9 Å². The number of amides is 1. The lowest BCUT2D eigenvalue weighted by Crippen LogP contribution is -2.30. The fourth-order valence-corrected chi connectivity index (χ4v) is 5.85. The van der Waals surface area contributed by atoms with Crippen LogP contribution in [0.25, 0.3) is 10.6 Å². The first-order valence-electron chi connectivity index (χ1n) is 13.0. The van der Waals surface area contributed by atoms with Crippen molar-refractivity contribution in [3.05, 3.63) is 112 Å². The number of methoxy groups -OCH3 is 1. The molecule has 1 N–H and O–H groups in total. The number of aryl methyl sites for hydroxylation is 1. The van der Waals surface area contributed by atoms with E-state index in [1.165, 1.54) is 16.2 Å². The molecule has 1 aliphatic heterocycles. The number of aromatic nitrogens is 1. The molecule has 0 saturated carbocycles. The number of carbonyl (C=O) groups is 2. The molecule has 3 aromatic carbocycles. The lowest BCUT2D eigenvalue weighted by atomic mass is 9.94. The summed E-state index contributed by atoms with van der Waals surface area (Å²) >= 11 is 1.25. The molecule has 1 amide bonds. The van der Waals surface area contributed by atoms with Crippen molar-refractivity contribution in [3.63, 3.8) is 0 Å². The molecule has 204 valence electrons. The van der Waals surface area contributed by atoms with Gasteiger partial charge in [-0.05, 0) is 56.2 Å². The van der Waals surface area contributed by atoms with Gasteiger partial charge < -0.3 is 19.5 Å². The number of aliphatic hydroxyl groups excluding tert-OH is 1. The summed E-state index contributed by atoms with van der Waals surface area (Å²) in [6.07, 6.45) is -0.00782. The van der Waals surface area contributed by atoms with Crippen molar-refractivity contribution in [3.8, 4) is 22.1 Å². The van der Waals surface area contributed by atoms with Gasteiger partial charge in [-0.25, -0.2) is 4.98 Å². The molecule has 4 aromatic rings. The number of Topliss-reactive ketones (excluding diaryl/α,β-unsaturated/α-hetero) is 1. The number of hydrogen-bond donors (Lipinski definition) is 1. The summed E-state index contributed by atoms with van der Waals surface area (Å²) in [6.45, 7) is 5.82. The number of aliphatic hydroxyl groups is 1. The first-order valence-corrected chi connectivity index (χ1v) is 13.8. The summed E-state index contributed by atoms with van der Waals surface area (Å²) < 4.78 is 11.3. The lowest BCUT2D eigenvalue weighted by molar-refractivity contribution is -0.130. The smallest absolute Gasteiger partial charge is 0.290 e. The monoisotopic (exact) mass is 554 g/mol. The van der Waals surface area contributed by atoms with Gasteiger partial charge in [-0.1, -0.05) is 54.6 Å². The predicted molar refractivity (Wildman–Crippen MR) is 155 cm³/mol. The summed E-state index contributed by atoms with van der Waals surface area (Å²) in [5.41, 5.74) is 2.92. The molecule has 1 unspecified atom stereocenters. The van der Waals surface area contributed by atoms with Crippen molar-refractivity contribution >= 4 is 23.0 Å². The van der Waals surface area contributed by atoms with E-state index in [2.05, 4.69) is 4.98 Å². The van der Waals surface area contributed by atoms with Crippen LogP contribution in [0.2, 0.25) is 0 Å². The quantitative estimate of drug-likeness (QED) is 0.232. The van der Waals surface area contributed by atoms with Crippen molar-refractivity contribution in [1.29, 1.82) is 0 Å². The number of carbonyl (C=O) groups excluding carboxylic acids is 2. The van der Waals surface area contributed by atoms with Gasteiger partial charge in [0.1, 0.15) is 16.5 Å². The van der Waals surface area contributed by atoms with E-state index in [4.69, 9.17) is 9.47 Å². The van der Waals surface area contributed by atoms with E-state index in [9.17, 15) is 14.7 Å². The van der Waals surface area contributed by atoms with Crippen molar-refractivity contribution in [2.24, 2.45) is 0 Å². The second kappa shape index (κ2) is 11.4. The number of thiazole rings is 1. The van der Waals surface area contributed by atoms with Crippen LogP contribution in [0.1, 0.15) is 46.4 Å². The molecule has 0 bridgehead atoms. The van der Waals surface area contributed by atoms with Crippen LogP contribution in [0.15, 0.2) is 90.2 Å². The van der Waals surface area contributed by atoms with Crippen LogP contribution in [-0.2, 0) is 11.3 Å². The van der Waals surface area contributed by atoms with E-state index >= 15 is 0 Å². The van der Waals surface area contributed by atoms with Crippen LogP contribution in [0.4, 0.5) is 0 Å². The van der Waals surface area contributed by atoms with E-state index < -0.39 is 23.5 Å². The Balaban J connectivity index is 1.56. The average molecular weight is 555 g/mol. The van der Waals surface area contributed by atoms with Gasteiger partial charge in [0.25, 0.3) is 5.91 Å². The maximum atomic E-state index is 14.1. The minimum absolute atomic E-state index is 0.00782. The summed E-state index contributed by atoms with van der Waals surface area (Å²) in [5, 5.41) is 11.9. The van der Waals surface area contributed by atoms with Gasteiger partial charge in [-0.3, -0.25) is 9.59 Å². The first-order chi connectivity index (χ1) is 19.3. The fraction of sp³-hybridized carbons (Fsp3) is 0.219. The maximum absolute atomic E-state index is 14.1. The summed E-state index contributed by atoms with van der Waals surface area (Å²) in [4.78, 5) is 34.2. The van der Waals surface area contributed by atoms with E-state index in [1.807, 2.05) is 74.5 Å². The summed E-state index contributed by atoms with van der Waals surface area (Å²) in [5.74, 6) is -0.330. The molecular weight excluding hydrogens is 524 g/mol. The number of ether oxygens (including phenoxy) is 2. The molecule has 5 rings (SSSR count). The Hall–Kier alpha value is -4.43. The molecule has 1 aromatic heterocycles. The molecule has 8 heteroatoms. The summed E-state index contributed by atoms with van der Waals surface area (Å²) in [7, 11) is 1.56. The largest absolute Gasteiger partial charge is 0.503 e. The Labute approximate surface area is 237 Å². The second-order valence-electron chi connectivity index (χ2n) is 9.82. The van der Waals surface area contributed by atoms with Crippen LogP contribution >= 0.6 is 11.3 Å². The highest BCUT2D eigenvalue weighted by molar-refractivity contribution is 7.17. The molecule has 2 heterocycles. The third-order valence-corrected chi connectivity index (χ3v) is 7.81. The zero-order valence-corrected chi connectivity index (χ0v) is 23.6. The molecule has 0 saturated heterocycles. The zero-order chi connectivity index (χ0) is 28.4. The molecule has 40 heavy (non-hydrogen) atoms. The minimum atomic E-state index is -0.827. The van der Waals surface area contributed by atoms with Crippen LogP contribution in [0.3, 0.4) is 0 Å². The van der Waals surface area contributed by atoms with Gasteiger partial charge in [0.05, 0.1) is 35.4 Å². The van der Waals surface area contributed by atoms with Crippen molar-refractivity contribution < 1.29 is 24.2 Å². The average Bonchev–Trinajstić information content (AvgIpc) is 3.46. The van der Waals surface area contributed by atoms with Crippen molar-refractivity contribution in [2.45, 2.75) is 39.5 Å². The Bertz CT molecular complexity index is 1590.